The number of amides is 1. The molecule has 6 atom stereocenters. The number of oxime groups is 1. The maximum Gasteiger partial charge on any atom is 0.269 e. The highest BCUT2D eigenvalue weighted by Gasteiger charge is 2.65. The van der Waals surface area contributed by atoms with Crippen LogP contribution in [0.1, 0.15) is 73.1 Å². The summed E-state index contributed by atoms with van der Waals surface area (Å²) < 4.78 is 20.6. The topological polar surface area (TPSA) is 153 Å². The lowest BCUT2D eigenvalue weighted by molar-refractivity contribution is -0.384. The molecule has 1 aliphatic heterocycles. The molecule has 0 unspecified atom stereocenters. The Morgan fingerprint density at radius 1 is 1.02 bits per heavy atom. The minimum atomic E-state index is -1.39. The second kappa shape index (κ2) is 19.0. The molecule has 0 aromatic heterocycles. The van der Waals surface area contributed by atoms with Gasteiger partial charge in [0.1, 0.15) is 30.4 Å². The number of non-ortho nitro benzene ring substituents is 1. The van der Waals surface area contributed by atoms with Crippen molar-refractivity contribution in [2.24, 2.45) is 22.9 Å². The molecule has 0 radical (unpaired) electrons. The molecule has 6 rings (SSSR count). The standard InChI is InChI=1S/C46H55N3O9/c1-6-25-56-46-42(48(4)43(52)22-16-32-14-17-34(18-15-32)49(53)54)29-40(47-55-5)38-27-33(11-7-9-23-50)37(12-8-10-24-51)44(45(38)46)39-28-36(20-21-41(39)58-46)57-35-19-13-30(2)31(3)26-35/h6,13-22,26-28,33,37,42,44-45,50-51H,1,7-12,23-25,29H2,2-5H3/t33-,37+,42-,44+,45+,46+/m0/s1. The van der Waals surface area contributed by atoms with Crippen molar-refractivity contribution in [3.05, 3.63) is 123 Å². The number of benzene rings is 3. The first-order chi connectivity index (χ1) is 28.0. The van der Waals surface area contributed by atoms with Gasteiger partial charge in [0.25, 0.3) is 5.69 Å². The van der Waals surface area contributed by atoms with Gasteiger partial charge in [-0.3, -0.25) is 14.9 Å². The zero-order chi connectivity index (χ0) is 41.4. The maximum absolute atomic E-state index is 14.2. The molecule has 0 saturated heterocycles. The highest BCUT2D eigenvalue weighted by atomic mass is 16.7. The Morgan fingerprint density at radius 2 is 1.72 bits per heavy atom. The van der Waals surface area contributed by atoms with Crippen molar-refractivity contribution in [3.8, 4) is 17.2 Å². The molecule has 0 spiro atoms. The van der Waals surface area contributed by atoms with E-state index in [0.717, 1.165) is 48.1 Å². The first-order valence-corrected chi connectivity index (χ1v) is 20.1. The zero-order valence-electron chi connectivity index (χ0n) is 33.8. The lowest BCUT2D eigenvalue weighted by atomic mass is 9.55. The van der Waals surface area contributed by atoms with Crippen molar-refractivity contribution in [1.82, 2.24) is 4.90 Å². The minimum absolute atomic E-state index is 0.0380. The molecule has 308 valence electrons. The molecule has 12 nitrogen and oxygen atoms in total. The monoisotopic (exact) mass is 793 g/mol. The van der Waals surface area contributed by atoms with Crippen molar-refractivity contribution in [2.75, 3.05) is 34.0 Å². The number of aliphatic hydroxyl groups is 2. The van der Waals surface area contributed by atoms with Crippen molar-refractivity contribution in [1.29, 1.82) is 0 Å². The van der Waals surface area contributed by atoms with E-state index in [1.807, 2.05) is 30.3 Å². The smallest absolute Gasteiger partial charge is 0.269 e. The van der Waals surface area contributed by atoms with Crippen molar-refractivity contribution < 1.29 is 39.0 Å². The summed E-state index contributed by atoms with van der Waals surface area (Å²) >= 11 is 0. The van der Waals surface area contributed by atoms with E-state index in [1.54, 1.807) is 36.2 Å². The molecular formula is C46H55N3O9. The fourth-order valence-corrected chi connectivity index (χ4v) is 8.96. The third kappa shape index (κ3) is 8.89. The number of aryl methyl sites for hydroxylation is 2. The van der Waals surface area contributed by atoms with E-state index < -0.39 is 22.7 Å². The number of likely N-dealkylation sites (N-methyl/N-ethyl adjacent to an activating group) is 1. The van der Waals surface area contributed by atoms with Crippen LogP contribution in [-0.2, 0) is 14.4 Å². The number of hydrogen-bond acceptors (Lipinski definition) is 10. The molecule has 58 heavy (non-hydrogen) atoms. The number of hydrogen-bond donors (Lipinski definition) is 2. The van der Waals surface area contributed by atoms with Gasteiger partial charge in [0.05, 0.1) is 23.2 Å². The summed E-state index contributed by atoms with van der Waals surface area (Å²) in [7, 11) is 3.24. The van der Waals surface area contributed by atoms with Crippen molar-refractivity contribution in [2.45, 2.75) is 76.5 Å². The highest BCUT2D eigenvalue weighted by Crippen LogP contribution is 2.62. The predicted molar refractivity (Wildman–Crippen MR) is 223 cm³/mol. The van der Waals surface area contributed by atoms with Crippen molar-refractivity contribution in [3.63, 3.8) is 0 Å². The van der Waals surface area contributed by atoms with Gasteiger partial charge in [-0.05, 0) is 122 Å². The molecule has 1 heterocycles. The Balaban J connectivity index is 1.50. The van der Waals surface area contributed by atoms with E-state index in [9.17, 15) is 25.1 Å². The van der Waals surface area contributed by atoms with Gasteiger partial charge >= 0.3 is 0 Å². The number of unbranched alkanes of at least 4 members (excludes halogenated alkanes) is 2. The van der Waals surface area contributed by atoms with E-state index in [-0.39, 0.29) is 55.6 Å². The summed E-state index contributed by atoms with van der Waals surface area (Å²) in [5.41, 5.74) is 5.48. The van der Waals surface area contributed by atoms with Gasteiger partial charge in [-0.1, -0.05) is 36.2 Å². The third-order valence-corrected chi connectivity index (χ3v) is 11.9. The van der Waals surface area contributed by atoms with Gasteiger partial charge < -0.3 is 34.2 Å². The molecule has 1 fully saturated rings. The van der Waals surface area contributed by atoms with Crippen LogP contribution >= 0.6 is 0 Å². The minimum Gasteiger partial charge on any atom is -0.459 e. The lowest BCUT2D eigenvalue weighted by Crippen LogP contribution is -2.69. The third-order valence-electron chi connectivity index (χ3n) is 11.9. The summed E-state index contributed by atoms with van der Waals surface area (Å²) in [6.07, 6.45) is 11.9. The summed E-state index contributed by atoms with van der Waals surface area (Å²) in [4.78, 5) is 32.1. The Kier molecular flexibility index (Phi) is 13.8. The highest BCUT2D eigenvalue weighted by molar-refractivity contribution is 6.03. The molecule has 1 saturated carbocycles. The van der Waals surface area contributed by atoms with Crippen LogP contribution in [0.25, 0.3) is 6.08 Å². The normalized spacial score (nSPS) is 24.0. The number of ether oxygens (including phenoxy) is 3. The van der Waals surface area contributed by atoms with Gasteiger partial charge in [0.15, 0.2) is 0 Å². The first-order valence-electron chi connectivity index (χ1n) is 20.1. The average molecular weight is 794 g/mol. The van der Waals surface area contributed by atoms with Crippen LogP contribution in [0.3, 0.4) is 0 Å². The van der Waals surface area contributed by atoms with E-state index in [0.29, 0.717) is 35.6 Å². The number of aliphatic hydroxyl groups excluding tert-OH is 2. The Hall–Kier alpha value is -5.30. The van der Waals surface area contributed by atoms with Crippen molar-refractivity contribution >= 4 is 23.4 Å². The quantitative estimate of drug-likeness (QED) is 0.0425. The molecule has 2 aliphatic carbocycles. The summed E-state index contributed by atoms with van der Waals surface area (Å²) in [5.74, 6) is -0.193. The zero-order valence-corrected chi connectivity index (χ0v) is 33.8. The molecule has 12 heteroatoms. The lowest BCUT2D eigenvalue weighted by Gasteiger charge is -2.59. The number of nitro groups is 1. The second-order valence-corrected chi connectivity index (χ2v) is 15.4. The van der Waals surface area contributed by atoms with Gasteiger partial charge in [-0.25, -0.2) is 0 Å². The fourth-order valence-electron chi connectivity index (χ4n) is 8.96. The molecule has 3 aromatic rings. The summed E-state index contributed by atoms with van der Waals surface area (Å²) in [6.45, 7) is 8.43. The first kappa shape index (κ1) is 42.3. The van der Waals surface area contributed by atoms with Gasteiger partial charge in [-0.2, -0.15) is 0 Å². The van der Waals surface area contributed by atoms with Crippen LogP contribution in [-0.4, -0.2) is 77.5 Å². The molecular weight excluding hydrogens is 739 g/mol. The molecule has 3 aromatic carbocycles. The van der Waals surface area contributed by atoms with Crippen LogP contribution in [0.5, 0.6) is 17.2 Å². The summed E-state index contributed by atoms with van der Waals surface area (Å²) in [5, 5.41) is 35.5. The van der Waals surface area contributed by atoms with Crippen LogP contribution < -0.4 is 9.47 Å². The number of carbonyl (C=O) groups is 1. The predicted octanol–water partition coefficient (Wildman–Crippen LogP) is 8.44. The van der Waals surface area contributed by atoms with E-state index >= 15 is 0 Å². The fraction of sp³-hybridized carbons (Fsp3) is 0.435. The molecule has 2 N–H and O–H groups in total. The number of fused-ring (bicyclic) bond motifs is 2. The van der Waals surface area contributed by atoms with Crippen LogP contribution in [0, 0.1) is 41.7 Å². The maximum atomic E-state index is 14.2. The number of nitro benzene ring substituents is 1. The number of carbonyl (C=O) groups excluding carboxylic acids is 1. The SMILES string of the molecule is C=CCO[C@@]12Oc3ccc(Oc4ccc(C)c(C)c4)cc3[C@H]3[C@H](CCCCO)[C@@H](CCCCO)C=C(C(=NOC)C[C@@H]1N(C)C(=O)C=Cc1ccc([N+](=O)[O-])cc1)[C@H]32. The number of nitrogens with zero attached hydrogens (tertiary/aromatic N) is 3. The Bertz CT molecular complexity index is 2040. The molecule has 3 aliphatic rings. The van der Waals surface area contributed by atoms with Gasteiger partial charge in [0.2, 0.25) is 11.7 Å². The van der Waals surface area contributed by atoms with Gasteiger partial charge in [0, 0.05) is 56.4 Å². The second-order valence-electron chi connectivity index (χ2n) is 15.4. The largest absolute Gasteiger partial charge is 0.459 e. The van der Waals surface area contributed by atoms with Crippen LogP contribution in [0.2, 0.25) is 0 Å². The van der Waals surface area contributed by atoms with E-state index in [2.05, 4.69) is 37.7 Å². The number of allylic oxidation sites excluding steroid dienone is 1. The Labute approximate surface area is 340 Å². The molecule has 0 bridgehead atoms. The number of rotatable bonds is 18. The van der Waals surface area contributed by atoms with Crippen LogP contribution in [0.15, 0.2) is 96.2 Å². The van der Waals surface area contributed by atoms with E-state index in [4.69, 9.17) is 19.0 Å². The average Bonchev–Trinajstić information content (AvgIpc) is 3.22. The molecule has 1 amide bonds. The summed E-state index contributed by atoms with van der Waals surface area (Å²) in [6, 6.07) is 17.2. The Morgan fingerprint density at radius 3 is 2.40 bits per heavy atom. The van der Waals surface area contributed by atoms with Gasteiger partial charge in [-0.15, -0.1) is 6.58 Å². The van der Waals surface area contributed by atoms with Crippen LogP contribution in [0.4, 0.5) is 5.69 Å². The van der Waals surface area contributed by atoms with E-state index in [1.165, 1.54) is 30.9 Å².